The Morgan fingerprint density at radius 3 is 2.50 bits per heavy atom. The smallest absolute Gasteiger partial charge is 0.159 e. The van der Waals surface area contributed by atoms with Crippen LogP contribution in [-0.4, -0.2) is 4.98 Å². The molecule has 1 aromatic heterocycles. The molecule has 0 aliphatic heterocycles. The van der Waals surface area contributed by atoms with Crippen LogP contribution in [0.5, 0.6) is 0 Å². The van der Waals surface area contributed by atoms with Crippen LogP contribution in [0, 0.1) is 29.9 Å². The van der Waals surface area contributed by atoms with Crippen LogP contribution in [-0.2, 0) is 0 Å². The Labute approximate surface area is 91.2 Å². The van der Waals surface area contributed by atoms with Crippen molar-refractivity contribution in [1.29, 1.82) is 5.26 Å². The molecule has 0 amide bonds. The molecule has 80 valence electrons. The van der Waals surface area contributed by atoms with Gasteiger partial charge >= 0.3 is 0 Å². The quantitative estimate of drug-likeness (QED) is 0.784. The van der Waals surface area contributed by atoms with E-state index in [1.165, 1.54) is 6.07 Å². The Morgan fingerprint density at radius 2 is 1.94 bits per heavy atom. The lowest BCUT2D eigenvalue weighted by Gasteiger charge is -1.98. The lowest BCUT2D eigenvalue weighted by atomic mass is 10.1. The zero-order valence-electron chi connectivity index (χ0n) is 8.51. The number of benzene rings is 1. The average molecular weight is 218 g/mol. The number of halogens is 2. The minimum atomic E-state index is -0.900. The van der Waals surface area contributed by atoms with Gasteiger partial charge in [-0.2, -0.15) is 5.26 Å². The third-order valence-corrected chi connectivity index (χ3v) is 2.37. The molecule has 0 saturated heterocycles. The van der Waals surface area contributed by atoms with Gasteiger partial charge in [-0.3, -0.25) is 0 Å². The Balaban J connectivity index is 2.51. The molecule has 0 radical (unpaired) electrons. The zero-order chi connectivity index (χ0) is 11.7. The summed E-state index contributed by atoms with van der Waals surface area (Å²) < 4.78 is 25.7. The summed E-state index contributed by atoms with van der Waals surface area (Å²) in [6, 6.07) is 7.25. The molecule has 0 saturated carbocycles. The second-order valence-electron chi connectivity index (χ2n) is 3.46. The van der Waals surface area contributed by atoms with Gasteiger partial charge in [0.15, 0.2) is 11.6 Å². The molecule has 16 heavy (non-hydrogen) atoms. The van der Waals surface area contributed by atoms with Crippen molar-refractivity contribution in [3.8, 4) is 17.3 Å². The van der Waals surface area contributed by atoms with Crippen LogP contribution in [0.3, 0.4) is 0 Å². The molecular formula is C12H8F2N2. The highest BCUT2D eigenvalue weighted by molar-refractivity contribution is 5.63. The fraction of sp³-hybridized carbons (Fsp3) is 0.0833. The van der Waals surface area contributed by atoms with Gasteiger partial charge in [0.05, 0.1) is 5.56 Å². The van der Waals surface area contributed by atoms with Gasteiger partial charge in [0.1, 0.15) is 6.07 Å². The molecule has 2 nitrogen and oxygen atoms in total. The van der Waals surface area contributed by atoms with Crippen LogP contribution in [0.4, 0.5) is 8.78 Å². The number of hydrogen-bond acceptors (Lipinski definition) is 1. The van der Waals surface area contributed by atoms with E-state index in [-0.39, 0.29) is 0 Å². The third kappa shape index (κ3) is 1.68. The van der Waals surface area contributed by atoms with E-state index in [1.54, 1.807) is 13.0 Å². The van der Waals surface area contributed by atoms with E-state index in [4.69, 9.17) is 5.26 Å². The van der Waals surface area contributed by atoms with Gasteiger partial charge < -0.3 is 4.98 Å². The normalized spacial score (nSPS) is 10.1. The first-order valence-electron chi connectivity index (χ1n) is 4.67. The van der Waals surface area contributed by atoms with Crippen molar-refractivity contribution in [3.63, 3.8) is 0 Å². The maximum atomic E-state index is 13.0. The zero-order valence-corrected chi connectivity index (χ0v) is 8.51. The van der Waals surface area contributed by atoms with E-state index in [1.807, 2.05) is 6.07 Å². The molecule has 2 rings (SSSR count). The second kappa shape index (κ2) is 3.78. The maximum absolute atomic E-state index is 13.0. The minimum Gasteiger partial charge on any atom is -0.358 e. The summed E-state index contributed by atoms with van der Waals surface area (Å²) in [5, 5.41) is 8.77. The monoisotopic (exact) mass is 218 g/mol. The Hall–Kier alpha value is -2.15. The standard InChI is InChI=1S/C12H8F2N2/c1-7-9(6-15)5-12(16-7)8-2-3-10(13)11(14)4-8/h2-5,16H,1H3. The highest BCUT2D eigenvalue weighted by atomic mass is 19.2. The van der Waals surface area contributed by atoms with Gasteiger partial charge in [-0.1, -0.05) is 0 Å². The predicted octanol–water partition coefficient (Wildman–Crippen LogP) is 3.14. The number of H-pyrrole nitrogens is 1. The first-order chi connectivity index (χ1) is 7.61. The number of aromatic amines is 1. The summed E-state index contributed by atoms with van der Waals surface area (Å²) in [6.45, 7) is 1.75. The lowest BCUT2D eigenvalue weighted by molar-refractivity contribution is 0.509. The molecule has 1 aromatic carbocycles. The van der Waals surface area contributed by atoms with Gasteiger partial charge in [0.25, 0.3) is 0 Å². The van der Waals surface area contributed by atoms with Crippen LogP contribution in [0.2, 0.25) is 0 Å². The first kappa shape index (κ1) is 10.4. The maximum Gasteiger partial charge on any atom is 0.159 e. The molecule has 0 fully saturated rings. The summed E-state index contributed by atoms with van der Waals surface area (Å²) >= 11 is 0. The summed E-state index contributed by atoms with van der Waals surface area (Å²) in [7, 11) is 0. The molecule has 1 N–H and O–H groups in total. The average Bonchev–Trinajstić information content (AvgIpc) is 2.64. The summed E-state index contributed by atoms with van der Waals surface area (Å²) in [6.07, 6.45) is 0. The van der Waals surface area contributed by atoms with Crippen LogP contribution in [0.15, 0.2) is 24.3 Å². The van der Waals surface area contributed by atoms with Gasteiger partial charge in [0.2, 0.25) is 0 Å². The highest BCUT2D eigenvalue weighted by Gasteiger charge is 2.08. The van der Waals surface area contributed by atoms with E-state index < -0.39 is 11.6 Å². The van der Waals surface area contributed by atoms with E-state index >= 15 is 0 Å². The molecule has 0 unspecified atom stereocenters. The Bertz CT molecular complexity index is 579. The van der Waals surface area contributed by atoms with Crippen molar-refractivity contribution in [2.75, 3.05) is 0 Å². The van der Waals surface area contributed by atoms with E-state index in [0.29, 0.717) is 22.5 Å². The molecule has 0 bridgehead atoms. The van der Waals surface area contributed by atoms with Crippen molar-refractivity contribution >= 4 is 0 Å². The molecular weight excluding hydrogens is 210 g/mol. The molecule has 1 heterocycles. The number of hydrogen-bond donors (Lipinski definition) is 1. The van der Waals surface area contributed by atoms with Crippen molar-refractivity contribution < 1.29 is 8.78 Å². The topological polar surface area (TPSA) is 39.6 Å². The van der Waals surface area contributed by atoms with Crippen molar-refractivity contribution in [2.24, 2.45) is 0 Å². The SMILES string of the molecule is Cc1[nH]c(-c2ccc(F)c(F)c2)cc1C#N. The van der Waals surface area contributed by atoms with Crippen molar-refractivity contribution in [1.82, 2.24) is 4.98 Å². The second-order valence-corrected chi connectivity index (χ2v) is 3.46. The molecule has 0 aliphatic carbocycles. The molecule has 0 aliphatic rings. The fourth-order valence-electron chi connectivity index (χ4n) is 1.49. The van der Waals surface area contributed by atoms with Gasteiger partial charge in [-0.15, -0.1) is 0 Å². The van der Waals surface area contributed by atoms with Crippen LogP contribution in [0.1, 0.15) is 11.3 Å². The minimum absolute atomic E-state index is 0.500. The van der Waals surface area contributed by atoms with Crippen molar-refractivity contribution in [2.45, 2.75) is 6.92 Å². The third-order valence-electron chi connectivity index (χ3n) is 2.37. The molecule has 4 heteroatoms. The summed E-state index contributed by atoms with van der Waals surface area (Å²) in [5.41, 5.74) is 2.33. The van der Waals surface area contributed by atoms with E-state index in [2.05, 4.69) is 4.98 Å². The van der Waals surface area contributed by atoms with Crippen LogP contribution < -0.4 is 0 Å². The van der Waals surface area contributed by atoms with Crippen molar-refractivity contribution in [3.05, 3.63) is 47.2 Å². The number of nitrogens with one attached hydrogen (secondary N) is 1. The van der Waals surface area contributed by atoms with E-state index in [0.717, 1.165) is 12.1 Å². The van der Waals surface area contributed by atoms with Gasteiger partial charge in [-0.25, -0.2) is 8.78 Å². The Kier molecular flexibility index (Phi) is 2.45. The van der Waals surface area contributed by atoms with Crippen LogP contribution in [0.25, 0.3) is 11.3 Å². The number of nitriles is 1. The molecule has 2 aromatic rings. The predicted molar refractivity (Wildman–Crippen MR) is 55.6 cm³/mol. The number of nitrogens with zero attached hydrogens (tertiary/aromatic N) is 1. The molecule has 0 atom stereocenters. The first-order valence-corrected chi connectivity index (χ1v) is 4.67. The van der Waals surface area contributed by atoms with Crippen LogP contribution >= 0.6 is 0 Å². The number of aromatic nitrogens is 1. The van der Waals surface area contributed by atoms with Gasteiger partial charge in [0, 0.05) is 17.0 Å². The summed E-state index contributed by atoms with van der Waals surface area (Å²) in [5.74, 6) is -1.78. The van der Waals surface area contributed by atoms with E-state index in [9.17, 15) is 8.78 Å². The van der Waals surface area contributed by atoms with Gasteiger partial charge in [-0.05, 0) is 31.2 Å². The highest BCUT2D eigenvalue weighted by Crippen LogP contribution is 2.22. The molecule has 0 spiro atoms. The fourth-order valence-corrected chi connectivity index (χ4v) is 1.49. The largest absolute Gasteiger partial charge is 0.358 e. The lowest BCUT2D eigenvalue weighted by Crippen LogP contribution is -1.85. The summed E-state index contributed by atoms with van der Waals surface area (Å²) in [4.78, 5) is 2.95. The number of rotatable bonds is 1. The number of aryl methyl sites for hydroxylation is 1. The Morgan fingerprint density at radius 1 is 1.19 bits per heavy atom.